The van der Waals surface area contributed by atoms with Crippen LogP contribution in [0.15, 0.2) is 15.7 Å². The average Bonchev–Trinajstić information content (AvgIpc) is 2.56. The number of hydrogen-bond acceptors (Lipinski definition) is 3. The van der Waals surface area contributed by atoms with Crippen LogP contribution in [0.5, 0.6) is 0 Å². The third-order valence-electron chi connectivity index (χ3n) is 2.09. The molecule has 0 aromatic rings. The number of nitrogens with zero attached hydrogens (tertiary/aromatic N) is 2. The van der Waals surface area contributed by atoms with E-state index in [0.717, 1.165) is 9.59 Å². The molecular formula is C11H15ClN2O2W. The predicted molar refractivity (Wildman–Crippen MR) is 65.0 cm³/mol. The third kappa shape index (κ3) is 3.75. The summed E-state index contributed by atoms with van der Waals surface area (Å²) in [4.78, 5) is 17.2. The number of hydrogen-bond donors (Lipinski definition) is 0. The van der Waals surface area contributed by atoms with E-state index in [9.17, 15) is 4.79 Å². The topological polar surface area (TPSA) is 41.9 Å². The van der Waals surface area contributed by atoms with E-state index in [0.29, 0.717) is 18.1 Å². The van der Waals surface area contributed by atoms with E-state index in [-0.39, 0.29) is 6.09 Å². The Morgan fingerprint density at radius 2 is 2.18 bits per heavy atom. The molecule has 1 fully saturated rings. The van der Waals surface area contributed by atoms with Crippen LogP contribution in [0.3, 0.4) is 0 Å². The molecule has 17 heavy (non-hydrogen) atoms. The molecule has 0 saturated carbocycles. The van der Waals surface area contributed by atoms with Crippen molar-refractivity contribution >= 4 is 28.4 Å². The van der Waals surface area contributed by atoms with Gasteiger partial charge in [-0.25, -0.2) is 0 Å². The van der Waals surface area contributed by atoms with E-state index in [1.807, 2.05) is 20.8 Å². The number of rotatable bonds is 1. The zero-order valence-electron chi connectivity index (χ0n) is 10.1. The SMILES string of the molecule is C=N/C(Cl)=C1/CCN(C(=O)OC(C)(C)C)[C]1=[W]. The maximum atomic E-state index is 11.9. The van der Waals surface area contributed by atoms with Crippen LogP contribution in [0.1, 0.15) is 27.2 Å². The first kappa shape index (κ1) is 14.6. The first-order valence-electron chi connectivity index (χ1n) is 5.16. The summed E-state index contributed by atoms with van der Waals surface area (Å²) in [5.74, 6) is 0. The molecule has 0 aromatic heterocycles. The zero-order valence-corrected chi connectivity index (χ0v) is 13.8. The molecular weight excluding hydrogens is 411 g/mol. The molecule has 0 atom stereocenters. The summed E-state index contributed by atoms with van der Waals surface area (Å²) in [6, 6.07) is 0. The van der Waals surface area contributed by atoms with Crippen molar-refractivity contribution in [1.29, 1.82) is 0 Å². The summed E-state index contributed by atoms with van der Waals surface area (Å²) in [6.07, 6.45) is 0.377. The molecule has 1 saturated heterocycles. The Morgan fingerprint density at radius 1 is 1.59 bits per heavy atom. The Balaban J connectivity index is 2.81. The molecule has 1 amide bonds. The van der Waals surface area contributed by atoms with Crippen LogP contribution in [-0.2, 0) is 24.1 Å². The van der Waals surface area contributed by atoms with E-state index in [2.05, 4.69) is 11.7 Å². The van der Waals surface area contributed by atoms with Gasteiger partial charge in [0.05, 0.1) is 0 Å². The second-order valence-electron chi connectivity index (χ2n) is 4.61. The van der Waals surface area contributed by atoms with Crippen molar-refractivity contribution in [2.75, 3.05) is 6.54 Å². The normalized spacial score (nSPS) is 19.3. The van der Waals surface area contributed by atoms with Gasteiger partial charge in [-0.05, 0) is 0 Å². The van der Waals surface area contributed by atoms with Crippen molar-refractivity contribution in [2.24, 2.45) is 4.99 Å². The van der Waals surface area contributed by atoms with Gasteiger partial charge in [0.15, 0.2) is 0 Å². The number of carbonyl (C=O) groups excluding carboxylic acids is 1. The zero-order chi connectivity index (χ0) is 13.2. The minimum absolute atomic E-state index is 0.328. The fourth-order valence-corrected chi connectivity index (χ4v) is 3.09. The van der Waals surface area contributed by atoms with Gasteiger partial charge in [-0.1, -0.05) is 0 Å². The van der Waals surface area contributed by atoms with Crippen molar-refractivity contribution in [2.45, 2.75) is 32.8 Å². The number of halogens is 1. The third-order valence-corrected chi connectivity index (χ3v) is 4.12. The molecule has 0 aliphatic carbocycles. The molecule has 0 N–H and O–H groups in total. The Bertz CT molecular complexity index is 399. The fraction of sp³-hybridized carbons (Fsp3) is 0.545. The fourth-order valence-electron chi connectivity index (χ4n) is 1.37. The van der Waals surface area contributed by atoms with Gasteiger partial charge in [-0.15, -0.1) is 0 Å². The number of aliphatic imine (C=N–C) groups is 1. The monoisotopic (exact) mass is 426 g/mol. The molecule has 1 heterocycles. The molecule has 4 nitrogen and oxygen atoms in total. The minimum atomic E-state index is -0.486. The summed E-state index contributed by atoms with van der Waals surface area (Å²) >= 11 is 7.10. The molecule has 0 radical (unpaired) electrons. The van der Waals surface area contributed by atoms with Crippen LogP contribution < -0.4 is 0 Å². The molecule has 6 heteroatoms. The van der Waals surface area contributed by atoms with Crippen molar-refractivity contribution in [3.05, 3.63) is 10.7 Å². The van der Waals surface area contributed by atoms with Gasteiger partial charge in [-0.3, -0.25) is 0 Å². The van der Waals surface area contributed by atoms with E-state index in [1.54, 1.807) is 4.90 Å². The maximum absolute atomic E-state index is 11.9. The molecule has 0 unspecified atom stereocenters. The van der Waals surface area contributed by atoms with Gasteiger partial charge in [0.25, 0.3) is 0 Å². The number of ether oxygens (including phenoxy) is 1. The quantitative estimate of drug-likeness (QED) is 0.478. The van der Waals surface area contributed by atoms with Crippen LogP contribution in [0.2, 0.25) is 0 Å². The summed E-state index contributed by atoms with van der Waals surface area (Å²) in [7, 11) is 0. The Hall–Kier alpha value is -0.472. The second kappa shape index (κ2) is 5.45. The average molecular weight is 427 g/mol. The van der Waals surface area contributed by atoms with Gasteiger partial charge in [0.1, 0.15) is 0 Å². The van der Waals surface area contributed by atoms with Crippen LogP contribution in [0, 0.1) is 0 Å². The molecule has 1 rings (SSSR count). The van der Waals surface area contributed by atoms with E-state index < -0.39 is 5.60 Å². The van der Waals surface area contributed by atoms with Crippen molar-refractivity contribution in [3.8, 4) is 0 Å². The second-order valence-corrected chi connectivity index (χ2v) is 6.36. The molecule has 1 aliphatic rings. The Kier molecular flexibility index (Phi) is 4.68. The first-order chi connectivity index (χ1) is 7.76. The van der Waals surface area contributed by atoms with E-state index >= 15 is 0 Å². The van der Waals surface area contributed by atoms with Gasteiger partial charge < -0.3 is 0 Å². The summed E-state index contributed by atoms with van der Waals surface area (Å²) < 4.78 is 6.19. The van der Waals surface area contributed by atoms with Crippen LogP contribution in [0.4, 0.5) is 4.79 Å². The van der Waals surface area contributed by atoms with E-state index in [4.69, 9.17) is 16.3 Å². The van der Waals surface area contributed by atoms with Crippen LogP contribution >= 0.6 is 11.6 Å². The van der Waals surface area contributed by atoms with E-state index in [1.165, 1.54) is 19.4 Å². The standard InChI is InChI=1S/C11H15ClN2O2.W/c1-11(2,3)16-10(15)14-6-5-8(7-14)9(12)13-4;/h4-6H2,1-3H3;/b9-8-;. The predicted octanol–water partition coefficient (Wildman–Crippen LogP) is 2.45. The molecule has 0 aromatic carbocycles. The summed E-state index contributed by atoms with van der Waals surface area (Å²) in [5.41, 5.74) is 0.405. The molecule has 1 aliphatic heterocycles. The first-order valence-corrected chi connectivity index (χ1v) is 7.01. The summed E-state index contributed by atoms with van der Waals surface area (Å²) in [5, 5.41) is 0.376. The Labute approximate surface area is 117 Å². The van der Waals surface area contributed by atoms with Crippen LogP contribution in [0.25, 0.3) is 0 Å². The molecule has 0 spiro atoms. The number of carbonyl (C=O) groups is 1. The number of amides is 1. The Morgan fingerprint density at radius 3 is 2.65 bits per heavy atom. The van der Waals surface area contributed by atoms with Crippen molar-refractivity contribution in [1.82, 2.24) is 4.90 Å². The number of likely N-dealkylation sites (tertiary alicyclic amines) is 1. The van der Waals surface area contributed by atoms with Crippen molar-refractivity contribution < 1.29 is 28.9 Å². The summed E-state index contributed by atoms with van der Waals surface area (Å²) in [6.45, 7) is 9.52. The van der Waals surface area contributed by atoms with Crippen LogP contribution in [-0.4, -0.2) is 33.9 Å². The van der Waals surface area contributed by atoms with Crippen molar-refractivity contribution in [3.63, 3.8) is 0 Å². The molecule has 0 bridgehead atoms. The van der Waals surface area contributed by atoms with Gasteiger partial charge >= 0.3 is 117 Å². The van der Waals surface area contributed by atoms with Gasteiger partial charge in [0.2, 0.25) is 0 Å². The molecule has 94 valence electrons. The van der Waals surface area contributed by atoms with Gasteiger partial charge in [0, 0.05) is 0 Å². The van der Waals surface area contributed by atoms with Gasteiger partial charge in [-0.2, -0.15) is 0 Å².